The fraction of sp³-hybridized carbons (Fsp3) is 0. The second-order valence-electron chi connectivity index (χ2n) is 4.96. The summed E-state index contributed by atoms with van der Waals surface area (Å²) in [5.74, 6) is 1.60. The Labute approximate surface area is 122 Å². The Kier molecular flexibility index (Phi) is 2.75. The number of aromatic nitrogens is 2. The van der Waals surface area contributed by atoms with E-state index in [-0.39, 0.29) is 0 Å². The van der Waals surface area contributed by atoms with Gasteiger partial charge in [0.1, 0.15) is 11.6 Å². The SMILES string of the molecule is c1ccc2cc(Nc3cc4ccccc4cn3)ncc2c1. The Balaban J connectivity index is 1.71. The van der Waals surface area contributed by atoms with Crippen LogP contribution in [0, 0.1) is 0 Å². The van der Waals surface area contributed by atoms with Crippen molar-refractivity contribution in [2.24, 2.45) is 0 Å². The molecule has 0 aliphatic heterocycles. The van der Waals surface area contributed by atoms with Gasteiger partial charge >= 0.3 is 0 Å². The first kappa shape index (κ1) is 11.9. The van der Waals surface area contributed by atoms with Crippen molar-refractivity contribution in [3.8, 4) is 0 Å². The molecule has 0 aliphatic rings. The molecular weight excluding hydrogens is 258 g/mol. The van der Waals surface area contributed by atoms with Crippen molar-refractivity contribution in [2.75, 3.05) is 5.32 Å². The predicted octanol–water partition coefficient (Wildman–Crippen LogP) is 4.53. The molecule has 0 spiro atoms. The van der Waals surface area contributed by atoms with Gasteiger partial charge in [0.05, 0.1) is 0 Å². The van der Waals surface area contributed by atoms with Gasteiger partial charge in [-0.1, -0.05) is 48.5 Å². The minimum absolute atomic E-state index is 0.802. The summed E-state index contributed by atoms with van der Waals surface area (Å²) in [5.41, 5.74) is 0. The van der Waals surface area contributed by atoms with Gasteiger partial charge in [-0.2, -0.15) is 0 Å². The highest BCUT2D eigenvalue weighted by Crippen LogP contribution is 2.21. The van der Waals surface area contributed by atoms with Crippen molar-refractivity contribution >= 4 is 33.2 Å². The van der Waals surface area contributed by atoms with Crippen molar-refractivity contribution < 1.29 is 0 Å². The van der Waals surface area contributed by atoms with Crippen LogP contribution in [0.4, 0.5) is 11.6 Å². The van der Waals surface area contributed by atoms with Gasteiger partial charge in [0, 0.05) is 23.2 Å². The average Bonchev–Trinajstić information content (AvgIpc) is 2.55. The third kappa shape index (κ3) is 2.30. The molecule has 4 rings (SSSR count). The third-order valence-electron chi connectivity index (χ3n) is 3.52. The van der Waals surface area contributed by atoms with Crippen LogP contribution in [0.15, 0.2) is 73.1 Å². The van der Waals surface area contributed by atoms with Crippen LogP contribution in [0.5, 0.6) is 0 Å². The second-order valence-corrected chi connectivity index (χ2v) is 4.96. The van der Waals surface area contributed by atoms with Gasteiger partial charge in [-0.25, -0.2) is 9.97 Å². The van der Waals surface area contributed by atoms with Crippen molar-refractivity contribution in [1.82, 2.24) is 9.97 Å². The van der Waals surface area contributed by atoms with E-state index >= 15 is 0 Å². The molecule has 100 valence electrons. The quantitative estimate of drug-likeness (QED) is 0.582. The first-order valence-electron chi connectivity index (χ1n) is 6.85. The van der Waals surface area contributed by atoms with Crippen LogP contribution in [0.1, 0.15) is 0 Å². The Morgan fingerprint density at radius 2 is 1.00 bits per heavy atom. The lowest BCUT2D eigenvalue weighted by molar-refractivity contribution is 1.28. The van der Waals surface area contributed by atoms with Crippen LogP contribution >= 0.6 is 0 Å². The number of nitrogens with one attached hydrogen (secondary N) is 1. The van der Waals surface area contributed by atoms with E-state index in [0.29, 0.717) is 0 Å². The van der Waals surface area contributed by atoms with Crippen LogP contribution < -0.4 is 5.32 Å². The van der Waals surface area contributed by atoms with Crippen molar-refractivity contribution in [2.45, 2.75) is 0 Å². The molecule has 0 amide bonds. The lowest BCUT2D eigenvalue weighted by Crippen LogP contribution is -1.95. The predicted molar refractivity (Wildman–Crippen MR) is 86.8 cm³/mol. The molecular formula is C18H13N3. The lowest BCUT2D eigenvalue weighted by atomic mass is 10.2. The van der Waals surface area contributed by atoms with Crippen molar-refractivity contribution in [3.63, 3.8) is 0 Å². The number of rotatable bonds is 2. The van der Waals surface area contributed by atoms with Gasteiger partial charge in [0.15, 0.2) is 0 Å². The molecule has 1 N–H and O–H groups in total. The van der Waals surface area contributed by atoms with Gasteiger partial charge in [-0.15, -0.1) is 0 Å². The summed E-state index contributed by atoms with van der Waals surface area (Å²) < 4.78 is 0. The average molecular weight is 271 g/mol. The summed E-state index contributed by atoms with van der Waals surface area (Å²) in [5, 5.41) is 7.86. The van der Waals surface area contributed by atoms with Gasteiger partial charge in [-0.3, -0.25) is 0 Å². The maximum Gasteiger partial charge on any atom is 0.132 e. The van der Waals surface area contributed by atoms with Crippen LogP contribution in [-0.4, -0.2) is 9.97 Å². The van der Waals surface area contributed by atoms with Crippen LogP contribution in [0.25, 0.3) is 21.5 Å². The van der Waals surface area contributed by atoms with E-state index in [0.717, 1.165) is 33.2 Å². The zero-order chi connectivity index (χ0) is 14.1. The van der Waals surface area contributed by atoms with Crippen molar-refractivity contribution in [1.29, 1.82) is 0 Å². The molecule has 2 aromatic carbocycles. The molecule has 21 heavy (non-hydrogen) atoms. The Hall–Kier alpha value is -2.94. The number of hydrogen-bond donors (Lipinski definition) is 1. The Morgan fingerprint density at radius 1 is 0.571 bits per heavy atom. The van der Waals surface area contributed by atoms with Crippen LogP contribution in [-0.2, 0) is 0 Å². The summed E-state index contributed by atoms with van der Waals surface area (Å²) in [7, 11) is 0. The lowest BCUT2D eigenvalue weighted by Gasteiger charge is -2.07. The summed E-state index contributed by atoms with van der Waals surface area (Å²) in [4.78, 5) is 8.86. The fourth-order valence-electron chi connectivity index (χ4n) is 2.44. The molecule has 4 aromatic rings. The first-order chi connectivity index (χ1) is 10.4. The standard InChI is InChI=1S/C18H13N3/c1-3-7-15-11-19-17(9-13(15)5-1)21-18-10-14-6-2-4-8-16(14)12-20-18/h1-12H,(H,19,20,21). The number of benzene rings is 2. The number of nitrogens with zero attached hydrogens (tertiary/aromatic N) is 2. The maximum absolute atomic E-state index is 4.43. The summed E-state index contributed by atoms with van der Waals surface area (Å²) in [6.07, 6.45) is 3.75. The van der Waals surface area contributed by atoms with E-state index in [2.05, 4.69) is 39.6 Å². The third-order valence-corrected chi connectivity index (χ3v) is 3.52. The molecule has 0 saturated heterocycles. The number of pyridine rings is 2. The molecule has 2 aromatic heterocycles. The monoisotopic (exact) mass is 271 g/mol. The molecule has 3 heteroatoms. The van der Waals surface area contributed by atoms with E-state index in [9.17, 15) is 0 Å². The highest BCUT2D eigenvalue weighted by Gasteiger charge is 2.01. The summed E-state index contributed by atoms with van der Waals surface area (Å²) in [6.45, 7) is 0. The highest BCUT2D eigenvalue weighted by molar-refractivity contribution is 5.86. The maximum atomic E-state index is 4.43. The second kappa shape index (κ2) is 4.87. The number of hydrogen-bond acceptors (Lipinski definition) is 3. The van der Waals surface area contributed by atoms with Gasteiger partial charge in [-0.05, 0) is 22.9 Å². The van der Waals surface area contributed by atoms with E-state index in [1.807, 2.05) is 48.8 Å². The van der Waals surface area contributed by atoms with E-state index < -0.39 is 0 Å². The zero-order valence-electron chi connectivity index (χ0n) is 11.3. The van der Waals surface area contributed by atoms with Crippen LogP contribution in [0.3, 0.4) is 0 Å². The van der Waals surface area contributed by atoms with E-state index in [4.69, 9.17) is 0 Å². The topological polar surface area (TPSA) is 37.8 Å². The smallest absolute Gasteiger partial charge is 0.132 e. The van der Waals surface area contributed by atoms with Crippen LogP contribution in [0.2, 0.25) is 0 Å². The first-order valence-corrected chi connectivity index (χ1v) is 6.85. The number of fused-ring (bicyclic) bond motifs is 2. The molecule has 0 atom stereocenters. The Bertz CT molecular complexity index is 854. The fourth-order valence-corrected chi connectivity index (χ4v) is 2.44. The van der Waals surface area contributed by atoms with E-state index in [1.165, 1.54) is 0 Å². The highest BCUT2D eigenvalue weighted by atomic mass is 15.0. The largest absolute Gasteiger partial charge is 0.325 e. The normalized spacial score (nSPS) is 10.9. The van der Waals surface area contributed by atoms with Gasteiger partial charge in [0.2, 0.25) is 0 Å². The molecule has 0 bridgehead atoms. The molecule has 0 radical (unpaired) electrons. The Morgan fingerprint density at radius 3 is 1.48 bits per heavy atom. The summed E-state index contributed by atoms with van der Waals surface area (Å²) in [6, 6.07) is 20.4. The molecule has 0 fully saturated rings. The summed E-state index contributed by atoms with van der Waals surface area (Å²) >= 11 is 0. The molecule has 3 nitrogen and oxygen atoms in total. The van der Waals surface area contributed by atoms with Crippen molar-refractivity contribution in [3.05, 3.63) is 73.1 Å². The molecule has 0 saturated carbocycles. The molecule has 0 unspecified atom stereocenters. The zero-order valence-corrected chi connectivity index (χ0v) is 11.3. The van der Waals surface area contributed by atoms with Gasteiger partial charge < -0.3 is 5.32 Å². The molecule has 0 aliphatic carbocycles. The molecule has 2 heterocycles. The number of anilines is 2. The minimum Gasteiger partial charge on any atom is -0.325 e. The minimum atomic E-state index is 0.802. The van der Waals surface area contributed by atoms with Gasteiger partial charge in [0.25, 0.3) is 0 Å². The van der Waals surface area contributed by atoms with E-state index in [1.54, 1.807) is 0 Å².